The molecule has 2 aliphatic carbocycles. The highest BCUT2D eigenvalue weighted by molar-refractivity contribution is 5.97. The van der Waals surface area contributed by atoms with E-state index in [9.17, 15) is 0 Å². The molecule has 0 N–H and O–H groups in total. The first-order valence-corrected chi connectivity index (χ1v) is 17.7. The minimum atomic E-state index is -0.134. The number of benzene rings is 7. The van der Waals surface area contributed by atoms with Crippen LogP contribution in [0, 0.1) is 0 Å². The molecule has 1 heteroatoms. The summed E-state index contributed by atoms with van der Waals surface area (Å²) in [6, 6.07) is 58.6. The first-order valence-electron chi connectivity index (χ1n) is 17.7. The molecule has 0 heterocycles. The molecule has 240 valence electrons. The van der Waals surface area contributed by atoms with Gasteiger partial charge in [-0.25, -0.2) is 0 Å². The predicted molar refractivity (Wildman–Crippen MR) is 213 cm³/mol. The summed E-state index contributed by atoms with van der Waals surface area (Å²) < 4.78 is 0. The summed E-state index contributed by atoms with van der Waals surface area (Å²) in [7, 11) is 0. The number of rotatable bonds is 6. The van der Waals surface area contributed by atoms with Crippen LogP contribution in [0.2, 0.25) is 0 Å². The first kappa shape index (κ1) is 30.2. The highest BCUT2D eigenvalue weighted by Gasteiger charge is 2.36. The summed E-state index contributed by atoms with van der Waals surface area (Å²) in [5.74, 6) is 0. The van der Waals surface area contributed by atoms with Crippen molar-refractivity contribution in [1.29, 1.82) is 0 Å². The van der Waals surface area contributed by atoms with Crippen molar-refractivity contribution in [2.45, 2.75) is 31.7 Å². The molecule has 9 rings (SSSR count). The van der Waals surface area contributed by atoms with E-state index < -0.39 is 0 Å². The summed E-state index contributed by atoms with van der Waals surface area (Å²) in [6.07, 6.45) is 9.85. The molecule has 1 nitrogen and oxygen atoms in total. The molecule has 0 spiro atoms. The van der Waals surface area contributed by atoms with Gasteiger partial charge in [0, 0.05) is 16.8 Å². The molecule has 1 unspecified atom stereocenters. The molecule has 0 radical (unpaired) electrons. The second-order valence-corrected chi connectivity index (χ2v) is 14.1. The van der Waals surface area contributed by atoms with Crippen molar-refractivity contribution < 1.29 is 0 Å². The third kappa shape index (κ3) is 5.18. The Morgan fingerprint density at radius 3 is 1.64 bits per heavy atom. The van der Waals surface area contributed by atoms with Gasteiger partial charge in [-0.15, -0.1) is 0 Å². The van der Waals surface area contributed by atoms with Gasteiger partial charge in [0.25, 0.3) is 0 Å². The van der Waals surface area contributed by atoms with E-state index in [-0.39, 0.29) is 11.5 Å². The maximum atomic E-state index is 2.45. The van der Waals surface area contributed by atoms with Crippen molar-refractivity contribution in [2.24, 2.45) is 0 Å². The fourth-order valence-corrected chi connectivity index (χ4v) is 8.11. The van der Waals surface area contributed by atoms with Crippen molar-refractivity contribution >= 4 is 22.1 Å². The largest absolute Gasteiger partial charge is 0.334 e. The van der Waals surface area contributed by atoms with Gasteiger partial charge in [-0.3, -0.25) is 0 Å². The van der Waals surface area contributed by atoms with E-state index in [1.54, 1.807) is 0 Å². The highest BCUT2D eigenvalue weighted by atomic mass is 15.2. The predicted octanol–water partition coefficient (Wildman–Crippen LogP) is 13.2. The van der Waals surface area contributed by atoms with Crippen molar-refractivity contribution in [3.05, 3.63) is 193 Å². The van der Waals surface area contributed by atoms with Crippen LogP contribution in [-0.2, 0) is 5.41 Å². The van der Waals surface area contributed by atoms with E-state index in [4.69, 9.17) is 0 Å². The number of fused-ring (bicyclic) bond motifs is 4. The van der Waals surface area contributed by atoms with E-state index in [1.807, 2.05) is 0 Å². The Bertz CT molecular complexity index is 2410. The Hall–Kier alpha value is -5.92. The lowest BCUT2D eigenvalue weighted by Gasteiger charge is -2.32. The molecule has 0 aliphatic heterocycles. The van der Waals surface area contributed by atoms with Gasteiger partial charge in [-0.2, -0.15) is 0 Å². The minimum Gasteiger partial charge on any atom is -0.334 e. The first-order chi connectivity index (χ1) is 24.5. The van der Waals surface area contributed by atoms with Gasteiger partial charge < -0.3 is 4.90 Å². The molecule has 0 saturated heterocycles. The van der Waals surface area contributed by atoms with E-state index in [0.29, 0.717) is 0 Å². The molecule has 0 amide bonds. The van der Waals surface area contributed by atoms with Crippen LogP contribution in [0.15, 0.2) is 182 Å². The van der Waals surface area contributed by atoms with Crippen LogP contribution in [0.5, 0.6) is 0 Å². The summed E-state index contributed by atoms with van der Waals surface area (Å²) in [5.41, 5.74) is 15.3. The minimum absolute atomic E-state index is 0.134. The van der Waals surface area contributed by atoms with Crippen LogP contribution in [0.1, 0.15) is 31.4 Å². The van der Waals surface area contributed by atoms with Crippen LogP contribution in [0.3, 0.4) is 0 Å². The average Bonchev–Trinajstić information content (AvgIpc) is 3.40. The lowest BCUT2D eigenvalue weighted by atomic mass is 9.80. The summed E-state index contributed by atoms with van der Waals surface area (Å²) in [5, 5.41) is 2.53. The normalized spacial score (nSPS) is 15.5. The zero-order valence-corrected chi connectivity index (χ0v) is 28.6. The van der Waals surface area contributed by atoms with Crippen molar-refractivity contribution in [1.82, 2.24) is 0 Å². The van der Waals surface area contributed by atoms with Crippen LogP contribution < -0.4 is 4.90 Å². The second-order valence-electron chi connectivity index (χ2n) is 14.1. The molecule has 2 aliphatic rings. The second kappa shape index (κ2) is 12.2. The lowest BCUT2D eigenvalue weighted by molar-refractivity contribution is 0.661. The van der Waals surface area contributed by atoms with Crippen molar-refractivity contribution in [3.63, 3.8) is 0 Å². The van der Waals surface area contributed by atoms with Gasteiger partial charge >= 0.3 is 0 Å². The molecule has 7 aromatic rings. The molecular formula is C49H39N. The smallest absolute Gasteiger partial charge is 0.0559 e. The third-order valence-electron chi connectivity index (χ3n) is 10.8. The van der Waals surface area contributed by atoms with Gasteiger partial charge in [0.05, 0.1) is 6.04 Å². The van der Waals surface area contributed by atoms with E-state index in [0.717, 1.165) is 6.42 Å². The topological polar surface area (TPSA) is 3.24 Å². The third-order valence-corrected chi connectivity index (χ3v) is 10.8. The van der Waals surface area contributed by atoms with Crippen molar-refractivity contribution in [3.8, 4) is 44.5 Å². The molecule has 7 aromatic carbocycles. The fraction of sp³-hybridized carbons (Fsp3) is 0.102. The number of anilines is 2. The van der Waals surface area contributed by atoms with Gasteiger partial charge in [0.2, 0.25) is 0 Å². The Balaban J connectivity index is 1.07. The Labute approximate surface area is 295 Å². The number of para-hydroxylation sites is 1. The molecule has 0 bridgehead atoms. The van der Waals surface area contributed by atoms with Crippen LogP contribution in [0.25, 0.3) is 55.3 Å². The maximum absolute atomic E-state index is 2.45. The quantitative estimate of drug-likeness (QED) is 0.175. The van der Waals surface area contributed by atoms with Crippen LogP contribution >= 0.6 is 0 Å². The molecular weight excluding hydrogens is 603 g/mol. The molecule has 50 heavy (non-hydrogen) atoms. The van der Waals surface area contributed by atoms with Gasteiger partial charge in [0.15, 0.2) is 0 Å². The monoisotopic (exact) mass is 641 g/mol. The average molecular weight is 642 g/mol. The summed E-state index contributed by atoms with van der Waals surface area (Å²) in [6.45, 7) is 4.77. The van der Waals surface area contributed by atoms with E-state index in [1.165, 1.54) is 77.8 Å². The van der Waals surface area contributed by atoms with Gasteiger partial charge in [-0.1, -0.05) is 147 Å². The zero-order valence-electron chi connectivity index (χ0n) is 28.6. The molecule has 1 atom stereocenters. The molecule has 0 aromatic heterocycles. The van der Waals surface area contributed by atoms with Gasteiger partial charge in [-0.05, 0) is 121 Å². The van der Waals surface area contributed by atoms with Crippen LogP contribution in [-0.4, -0.2) is 6.04 Å². The molecule has 0 fully saturated rings. The standard InChI is InChI=1S/C49H39N/c1-49(2)47-32-38(34-22-26-42(27-23-34)50(40-18-8-4-9-19-40)41-20-10-5-11-21-41)24-28-43(47)44-29-25-39(33-48(44)49)46-31-37-17-13-12-16-36(37)30-45(46)35-14-6-3-7-15-35/h3-20,22-33,41H,21H2,1-2H3. The Kier molecular flexibility index (Phi) is 7.36. The Morgan fingerprint density at radius 2 is 1.00 bits per heavy atom. The van der Waals surface area contributed by atoms with Crippen LogP contribution in [0.4, 0.5) is 11.4 Å². The number of hydrogen-bond acceptors (Lipinski definition) is 1. The molecule has 0 saturated carbocycles. The SMILES string of the molecule is CC1(C)c2cc(-c3ccc(N(c4ccccc4)C4C=CC=CC4)cc3)ccc2-c2ccc(-c3cc4ccccc4cc3-c3ccccc3)cc21. The van der Waals surface area contributed by atoms with E-state index >= 15 is 0 Å². The Morgan fingerprint density at radius 1 is 0.460 bits per heavy atom. The number of hydrogen-bond donors (Lipinski definition) is 0. The number of nitrogens with zero attached hydrogens (tertiary/aromatic N) is 1. The maximum Gasteiger partial charge on any atom is 0.0559 e. The zero-order chi connectivity index (χ0) is 33.7. The summed E-state index contributed by atoms with van der Waals surface area (Å²) in [4.78, 5) is 2.45. The van der Waals surface area contributed by atoms with E-state index in [2.05, 4.69) is 201 Å². The highest BCUT2D eigenvalue weighted by Crippen LogP contribution is 2.51. The number of allylic oxidation sites excluding steroid dienone is 2. The fourth-order valence-electron chi connectivity index (χ4n) is 8.11. The van der Waals surface area contributed by atoms with Gasteiger partial charge in [0.1, 0.15) is 0 Å². The van der Waals surface area contributed by atoms with Crippen molar-refractivity contribution in [2.75, 3.05) is 4.90 Å². The lowest BCUT2D eigenvalue weighted by Crippen LogP contribution is -2.29. The summed E-state index contributed by atoms with van der Waals surface area (Å²) >= 11 is 0.